The maximum absolute atomic E-state index is 5.70. The molecule has 1 aliphatic carbocycles. The van der Waals surface area contributed by atoms with Gasteiger partial charge in [-0.25, -0.2) is 0 Å². The van der Waals surface area contributed by atoms with E-state index in [1.54, 1.807) is 0 Å². The van der Waals surface area contributed by atoms with E-state index in [0.717, 1.165) is 11.4 Å². The highest BCUT2D eigenvalue weighted by molar-refractivity contribution is 5.15. The number of rotatable bonds is 2. The smallest absolute Gasteiger partial charge is 0.0903 e. The molecular weight excluding hydrogens is 176 g/mol. The fourth-order valence-electron chi connectivity index (χ4n) is 2.32. The van der Waals surface area contributed by atoms with E-state index in [1.165, 1.54) is 32.1 Å². The number of nitrogens with two attached hydrogens (primary N) is 1. The molecule has 1 saturated carbocycles. The molecule has 1 aromatic heterocycles. The molecule has 0 amide bonds. The summed E-state index contributed by atoms with van der Waals surface area (Å²) in [6.07, 6.45) is 6.53. The second-order valence-electron chi connectivity index (χ2n) is 4.08. The lowest BCUT2D eigenvalue weighted by atomic mass is 9.86. The van der Waals surface area contributed by atoms with Crippen molar-refractivity contribution in [3.05, 3.63) is 11.4 Å². The van der Waals surface area contributed by atoms with Crippen molar-refractivity contribution < 1.29 is 0 Å². The van der Waals surface area contributed by atoms with E-state index in [-0.39, 0.29) is 0 Å². The van der Waals surface area contributed by atoms with Crippen molar-refractivity contribution in [1.82, 2.24) is 15.0 Å². The Kier molecular flexibility index (Phi) is 2.82. The van der Waals surface area contributed by atoms with Gasteiger partial charge < -0.3 is 5.73 Å². The molecule has 1 fully saturated rings. The van der Waals surface area contributed by atoms with Crippen LogP contribution in [0.2, 0.25) is 0 Å². The topological polar surface area (TPSA) is 56.7 Å². The monoisotopic (exact) mass is 194 g/mol. The first-order valence-electron chi connectivity index (χ1n) is 5.41. The minimum atomic E-state index is 0.551. The van der Waals surface area contributed by atoms with Gasteiger partial charge in [0.25, 0.3) is 0 Å². The molecule has 0 spiro atoms. The molecule has 1 aromatic rings. The normalized spacial score (nSPS) is 18.7. The van der Waals surface area contributed by atoms with E-state index < -0.39 is 0 Å². The lowest BCUT2D eigenvalue weighted by Gasteiger charge is -2.20. The number of nitrogens with zero attached hydrogens (tertiary/aromatic N) is 3. The highest BCUT2D eigenvalue weighted by atomic mass is 15.4. The molecule has 0 saturated heterocycles. The third kappa shape index (κ3) is 1.66. The van der Waals surface area contributed by atoms with Crippen LogP contribution < -0.4 is 5.73 Å². The van der Waals surface area contributed by atoms with Crippen LogP contribution >= 0.6 is 0 Å². The Balaban J connectivity index is 2.21. The molecule has 0 aromatic carbocycles. The Bertz CT molecular complexity index is 299. The Morgan fingerprint density at radius 2 is 2.07 bits per heavy atom. The minimum Gasteiger partial charge on any atom is -0.325 e. The molecule has 0 bridgehead atoms. The quantitative estimate of drug-likeness (QED) is 0.772. The Hall–Kier alpha value is -0.900. The summed E-state index contributed by atoms with van der Waals surface area (Å²) in [7, 11) is 1.92. The molecule has 0 unspecified atom stereocenters. The second kappa shape index (κ2) is 4.09. The highest BCUT2D eigenvalue weighted by Crippen LogP contribution is 2.32. The molecule has 0 radical (unpaired) electrons. The molecule has 0 atom stereocenters. The van der Waals surface area contributed by atoms with Crippen molar-refractivity contribution in [2.45, 2.75) is 44.6 Å². The van der Waals surface area contributed by atoms with Crippen LogP contribution in [0.4, 0.5) is 0 Å². The summed E-state index contributed by atoms with van der Waals surface area (Å²) < 4.78 is 1.81. The number of aromatic nitrogens is 3. The van der Waals surface area contributed by atoms with Gasteiger partial charge in [-0.05, 0) is 12.8 Å². The zero-order valence-corrected chi connectivity index (χ0v) is 8.74. The summed E-state index contributed by atoms with van der Waals surface area (Å²) in [5, 5.41) is 8.29. The highest BCUT2D eigenvalue weighted by Gasteiger charge is 2.21. The van der Waals surface area contributed by atoms with Crippen LogP contribution in [0.15, 0.2) is 0 Å². The molecule has 4 heteroatoms. The van der Waals surface area contributed by atoms with E-state index in [0.29, 0.717) is 12.5 Å². The van der Waals surface area contributed by atoms with Gasteiger partial charge in [0.1, 0.15) is 0 Å². The van der Waals surface area contributed by atoms with Crippen molar-refractivity contribution >= 4 is 0 Å². The zero-order valence-electron chi connectivity index (χ0n) is 8.74. The summed E-state index contributed by atoms with van der Waals surface area (Å²) in [6.45, 7) is 0.551. The molecule has 14 heavy (non-hydrogen) atoms. The second-order valence-corrected chi connectivity index (χ2v) is 4.08. The summed E-state index contributed by atoms with van der Waals surface area (Å²) >= 11 is 0. The van der Waals surface area contributed by atoms with Gasteiger partial charge in [0, 0.05) is 19.5 Å². The average molecular weight is 194 g/mol. The summed E-state index contributed by atoms with van der Waals surface area (Å²) in [5.41, 5.74) is 7.96. The maximum Gasteiger partial charge on any atom is 0.0903 e. The van der Waals surface area contributed by atoms with Gasteiger partial charge in [-0.1, -0.05) is 24.5 Å². The third-order valence-electron chi connectivity index (χ3n) is 3.16. The SMILES string of the molecule is Cn1nnc(C2CCCCC2)c1CN. The number of hydrogen-bond acceptors (Lipinski definition) is 3. The Morgan fingerprint density at radius 1 is 1.36 bits per heavy atom. The van der Waals surface area contributed by atoms with E-state index in [2.05, 4.69) is 10.3 Å². The fraction of sp³-hybridized carbons (Fsp3) is 0.800. The van der Waals surface area contributed by atoms with Crippen LogP contribution in [0, 0.1) is 0 Å². The Labute approximate surface area is 84.5 Å². The standard InChI is InChI=1S/C10H18N4/c1-14-9(7-11)10(12-13-14)8-5-3-2-4-6-8/h8H,2-7,11H2,1H3. The van der Waals surface area contributed by atoms with Crippen LogP contribution in [0.5, 0.6) is 0 Å². The molecule has 2 rings (SSSR count). The first-order chi connectivity index (χ1) is 6.83. The molecule has 1 heterocycles. The number of hydrogen-bond donors (Lipinski definition) is 1. The first kappa shape index (κ1) is 9.65. The van der Waals surface area contributed by atoms with Gasteiger partial charge in [-0.3, -0.25) is 4.68 Å². The summed E-state index contributed by atoms with van der Waals surface area (Å²) in [4.78, 5) is 0. The molecular formula is C10H18N4. The van der Waals surface area contributed by atoms with Crippen LogP contribution in [0.3, 0.4) is 0 Å². The number of aryl methyl sites for hydroxylation is 1. The van der Waals surface area contributed by atoms with Crippen molar-refractivity contribution in [1.29, 1.82) is 0 Å². The molecule has 4 nitrogen and oxygen atoms in total. The predicted molar refractivity (Wildman–Crippen MR) is 54.7 cm³/mol. The summed E-state index contributed by atoms with van der Waals surface area (Å²) in [5.74, 6) is 0.607. The minimum absolute atomic E-state index is 0.551. The van der Waals surface area contributed by atoms with Crippen LogP contribution in [-0.4, -0.2) is 15.0 Å². The first-order valence-corrected chi connectivity index (χ1v) is 5.41. The zero-order chi connectivity index (χ0) is 9.97. The van der Waals surface area contributed by atoms with Crippen molar-refractivity contribution in [2.24, 2.45) is 12.8 Å². The molecule has 2 N–H and O–H groups in total. The maximum atomic E-state index is 5.70. The molecule has 0 aliphatic heterocycles. The molecule has 78 valence electrons. The van der Waals surface area contributed by atoms with Crippen LogP contribution in [-0.2, 0) is 13.6 Å². The van der Waals surface area contributed by atoms with E-state index in [9.17, 15) is 0 Å². The van der Waals surface area contributed by atoms with Crippen molar-refractivity contribution in [3.8, 4) is 0 Å². The van der Waals surface area contributed by atoms with Crippen molar-refractivity contribution in [2.75, 3.05) is 0 Å². The molecule has 1 aliphatic rings. The lowest BCUT2D eigenvalue weighted by Crippen LogP contribution is -2.11. The Morgan fingerprint density at radius 3 is 2.71 bits per heavy atom. The van der Waals surface area contributed by atoms with Gasteiger partial charge in [-0.15, -0.1) is 5.10 Å². The predicted octanol–water partition coefficient (Wildman–Crippen LogP) is 1.32. The summed E-state index contributed by atoms with van der Waals surface area (Å²) in [6, 6.07) is 0. The van der Waals surface area contributed by atoms with Crippen LogP contribution in [0.25, 0.3) is 0 Å². The van der Waals surface area contributed by atoms with Gasteiger partial charge >= 0.3 is 0 Å². The van der Waals surface area contributed by atoms with E-state index >= 15 is 0 Å². The third-order valence-corrected chi connectivity index (χ3v) is 3.16. The van der Waals surface area contributed by atoms with E-state index in [4.69, 9.17) is 5.73 Å². The lowest BCUT2D eigenvalue weighted by molar-refractivity contribution is 0.434. The van der Waals surface area contributed by atoms with Gasteiger partial charge in [0.15, 0.2) is 0 Å². The van der Waals surface area contributed by atoms with Crippen molar-refractivity contribution in [3.63, 3.8) is 0 Å². The fourth-order valence-corrected chi connectivity index (χ4v) is 2.32. The van der Waals surface area contributed by atoms with Gasteiger partial charge in [0.05, 0.1) is 11.4 Å². The average Bonchev–Trinajstić information content (AvgIpc) is 2.61. The largest absolute Gasteiger partial charge is 0.325 e. The van der Waals surface area contributed by atoms with Gasteiger partial charge in [0.2, 0.25) is 0 Å². The van der Waals surface area contributed by atoms with E-state index in [1.807, 2.05) is 11.7 Å². The van der Waals surface area contributed by atoms with Gasteiger partial charge in [-0.2, -0.15) is 0 Å². The van der Waals surface area contributed by atoms with Crippen LogP contribution in [0.1, 0.15) is 49.4 Å².